The van der Waals surface area contributed by atoms with Gasteiger partial charge < -0.3 is 15.2 Å². The summed E-state index contributed by atoms with van der Waals surface area (Å²) in [5.41, 5.74) is 7.21. The van der Waals surface area contributed by atoms with Crippen molar-refractivity contribution >= 4 is 29.2 Å². The van der Waals surface area contributed by atoms with E-state index in [2.05, 4.69) is 49.5 Å². The van der Waals surface area contributed by atoms with Crippen molar-refractivity contribution in [1.82, 2.24) is 5.32 Å². The van der Waals surface area contributed by atoms with Gasteiger partial charge in [-0.05, 0) is 84.3 Å². The standard InChI is InChI=1S/C29H32ClNO3/c1-21-8-9-24(17-22(21)2)18-25(26-5-3-7-27(30)19-26)6-4-16-34-28-12-10-23(11-13-28)20-31-15-14-29(32)33/h3,5,7-13,17-19,31H,4,6,14-16,20H2,1-2H3,(H,32,33). The summed E-state index contributed by atoms with van der Waals surface area (Å²) in [7, 11) is 0. The van der Waals surface area contributed by atoms with Crippen LogP contribution < -0.4 is 10.1 Å². The number of nitrogens with one attached hydrogen (secondary N) is 1. The molecule has 178 valence electrons. The van der Waals surface area contributed by atoms with E-state index in [9.17, 15) is 4.79 Å². The van der Waals surface area contributed by atoms with Crippen LogP contribution in [0, 0.1) is 13.8 Å². The van der Waals surface area contributed by atoms with Crippen molar-refractivity contribution in [1.29, 1.82) is 0 Å². The second-order valence-corrected chi connectivity index (χ2v) is 8.88. The van der Waals surface area contributed by atoms with Crippen LogP contribution in [0.5, 0.6) is 5.75 Å². The molecule has 0 saturated carbocycles. The summed E-state index contributed by atoms with van der Waals surface area (Å²) in [5, 5.41) is 12.5. The number of aryl methyl sites for hydroxylation is 2. The van der Waals surface area contributed by atoms with Crippen LogP contribution in [0.25, 0.3) is 11.6 Å². The van der Waals surface area contributed by atoms with E-state index < -0.39 is 5.97 Å². The van der Waals surface area contributed by atoms with Gasteiger partial charge >= 0.3 is 5.97 Å². The van der Waals surface area contributed by atoms with Crippen molar-refractivity contribution in [2.24, 2.45) is 0 Å². The molecule has 0 radical (unpaired) electrons. The van der Waals surface area contributed by atoms with Crippen molar-refractivity contribution < 1.29 is 14.6 Å². The van der Waals surface area contributed by atoms with Crippen LogP contribution in [0.15, 0.2) is 66.7 Å². The molecule has 0 spiro atoms. The summed E-state index contributed by atoms with van der Waals surface area (Å²) in [6, 6.07) is 22.4. The number of allylic oxidation sites excluding steroid dienone is 1. The van der Waals surface area contributed by atoms with Gasteiger partial charge in [-0.25, -0.2) is 0 Å². The Bertz CT molecular complexity index is 1120. The molecule has 0 aliphatic carbocycles. The molecule has 3 aromatic carbocycles. The number of rotatable bonds is 12. The molecular weight excluding hydrogens is 446 g/mol. The average Bonchev–Trinajstić information content (AvgIpc) is 2.82. The van der Waals surface area contributed by atoms with Crippen LogP contribution >= 0.6 is 11.6 Å². The normalized spacial score (nSPS) is 11.4. The Hall–Kier alpha value is -3.08. The molecule has 0 atom stereocenters. The predicted molar refractivity (Wildman–Crippen MR) is 140 cm³/mol. The number of hydrogen-bond donors (Lipinski definition) is 2. The van der Waals surface area contributed by atoms with E-state index in [4.69, 9.17) is 21.4 Å². The second-order valence-electron chi connectivity index (χ2n) is 8.44. The van der Waals surface area contributed by atoms with Gasteiger partial charge in [0.05, 0.1) is 13.0 Å². The Labute approximate surface area is 207 Å². The molecule has 0 aromatic heterocycles. The number of aliphatic carboxylic acids is 1. The van der Waals surface area contributed by atoms with Gasteiger partial charge in [-0.15, -0.1) is 0 Å². The van der Waals surface area contributed by atoms with E-state index in [0.717, 1.165) is 34.7 Å². The quantitative estimate of drug-likeness (QED) is 0.219. The molecule has 0 heterocycles. The first kappa shape index (κ1) is 25.5. The predicted octanol–water partition coefficient (Wildman–Crippen LogP) is 6.92. The van der Waals surface area contributed by atoms with Crippen molar-refractivity contribution in [3.63, 3.8) is 0 Å². The molecule has 0 aliphatic rings. The average molecular weight is 478 g/mol. The molecule has 0 unspecified atom stereocenters. The first-order valence-corrected chi connectivity index (χ1v) is 12.0. The highest BCUT2D eigenvalue weighted by Crippen LogP contribution is 2.26. The lowest BCUT2D eigenvalue weighted by molar-refractivity contribution is -0.136. The fourth-order valence-corrected chi connectivity index (χ4v) is 3.82. The third-order valence-electron chi connectivity index (χ3n) is 5.69. The number of benzene rings is 3. The Morgan fingerprint density at radius 3 is 2.50 bits per heavy atom. The van der Waals surface area contributed by atoms with Crippen LogP contribution in [0.2, 0.25) is 5.02 Å². The van der Waals surface area contributed by atoms with Crippen LogP contribution in [-0.2, 0) is 11.3 Å². The van der Waals surface area contributed by atoms with E-state index in [1.165, 1.54) is 22.3 Å². The molecule has 0 bridgehead atoms. The first-order valence-electron chi connectivity index (χ1n) is 11.6. The lowest BCUT2D eigenvalue weighted by atomic mass is 9.97. The molecule has 0 saturated heterocycles. The summed E-state index contributed by atoms with van der Waals surface area (Å²) in [4.78, 5) is 10.6. The molecule has 5 heteroatoms. The SMILES string of the molecule is Cc1ccc(C=C(CCCOc2ccc(CNCCC(=O)O)cc2)c2cccc(Cl)c2)cc1C. The van der Waals surface area contributed by atoms with Crippen LogP contribution in [0.1, 0.15) is 47.1 Å². The molecule has 0 aliphatic heterocycles. The van der Waals surface area contributed by atoms with Crippen LogP contribution in [0.3, 0.4) is 0 Å². The van der Waals surface area contributed by atoms with Gasteiger partial charge in [0.2, 0.25) is 0 Å². The number of halogens is 1. The molecule has 3 aromatic rings. The molecule has 34 heavy (non-hydrogen) atoms. The minimum Gasteiger partial charge on any atom is -0.494 e. The molecule has 4 nitrogen and oxygen atoms in total. The Kier molecular flexibility index (Phi) is 9.75. The zero-order chi connectivity index (χ0) is 24.3. The van der Waals surface area contributed by atoms with Crippen LogP contribution in [-0.4, -0.2) is 24.2 Å². The van der Waals surface area contributed by atoms with Gasteiger partial charge in [0.15, 0.2) is 0 Å². The van der Waals surface area contributed by atoms with E-state index in [0.29, 0.717) is 19.7 Å². The lowest BCUT2D eigenvalue weighted by Gasteiger charge is -2.11. The Morgan fingerprint density at radius 1 is 1.00 bits per heavy atom. The largest absolute Gasteiger partial charge is 0.494 e. The zero-order valence-corrected chi connectivity index (χ0v) is 20.6. The van der Waals surface area contributed by atoms with Gasteiger partial charge in [-0.3, -0.25) is 4.79 Å². The third-order valence-corrected chi connectivity index (χ3v) is 5.93. The fourth-order valence-electron chi connectivity index (χ4n) is 3.63. The Morgan fingerprint density at radius 2 is 1.79 bits per heavy atom. The second kappa shape index (κ2) is 13.0. The van der Waals surface area contributed by atoms with E-state index in [1.807, 2.05) is 42.5 Å². The summed E-state index contributed by atoms with van der Waals surface area (Å²) in [6.07, 6.45) is 4.11. The third kappa shape index (κ3) is 8.36. The smallest absolute Gasteiger partial charge is 0.304 e. The van der Waals surface area contributed by atoms with Gasteiger partial charge in [-0.1, -0.05) is 60.1 Å². The van der Waals surface area contributed by atoms with Crippen molar-refractivity contribution in [3.8, 4) is 5.75 Å². The minimum atomic E-state index is -0.793. The minimum absolute atomic E-state index is 0.121. The maximum Gasteiger partial charge on any atom is 0.304 e. The van der Waals surface area contributed by atoms with Gasteiger partial charge in [-0.2, -0.15) is 0 Å². The number of carboxylic acid groups (broad SMARTS) is 1. The van der Waals surface area contributed by atoms with Crippen molar-refractivity contribution in [2.75, 3.05) is 13.2 Å². The van der Waals surface area contributed by atoms with E-state index >= 15 is 0 Å². The lowest BCUT2D eigenvalue weighted by Crippen LogP contribution is -2.17. The van der Waals surface area contributed by atoms with Gasteiger partial charge in [0.25, 0.3) is 0 Å². The maximum atomic E-state index is 10.6. The van der Waals surface area contributed by atoms with E-state index in [1.54, 1.807) is 0 Å². The first-order chi connectivity index (χ1) is 16.4. The maximum absolute atomic E-state index is 10.6. The molecule has 3 rings (SSSR count). The summed E-state index contributed by atoms with van der Waals surface area (Å²) in [5.74, 6) is 0.0373. The van der Waals surface area contributed by atoms with Gasteiger partial charge in [0, 0.05) is 18.1 Å². The molecular formula is C29H32ClNO3. The zero-order valence-electron chi connectivity index (χ0n) is 19.8. The van der Waals surface area contributed by atoms with Crippen molar-refractivity contribution in [3.05, 3.63) is 99.6 Å². The highest BCUT2D eigenvalue weighted by atomic mass is 35.5. The monoisotopic (exact) mass is 477 g/mol. The fraction of sp³-hybridized carbons (Fsp3) is 0.276. The highest BCUT2D eigenvalue weighted by molar-refractivity contribution is 6.30. The topological polar surface area (TPSA) is 58.6 Å². The Balaban J connectivity index is 1.56. The summed E-state index contributed by atoms with van der Waals surface area (Å²) in [6.45, 7) is 5.97. The number of ether oxygens (including phenoxy) is 1. The summed E-state index contributed by atoms with van der Waals surface area (Å²) >= 11 is 6.26. The molecule has 2 N–H and O–H groups in total. The number of carbonyl (C=O) groups is 1. The number of hydrogen-bond acceptors (Lipinski definition) is 3. The van der Waals surface area contributed by atoms with Crippen LogP contribution in [0.4, 0.5) is 0 Å². The van der Waals surface area contributed by atoms with Crippen molar-refractivity contribution in [2.45, 2.75) is 39.7 Å². The van der Waals surface area contributed by atoms with Gasteiger partial charge in [0.1, 0.15) is 5.75 Å². The molecule has 0 amide bonds. The number of carboxylic acids is 1. The summed E-state index contributed by atoms with van der Waals surface area (Å²) < 4.78 is 5.96. The molecule has 0 fully saturated rings. The van der Waals surface area contributed by atoms with E-state index in [-0.39, 0.29) is 6.42 Å². The highest BCUT2D eigenvalue weighted by Gasteiger charge is 2.05.